The molecule has 75 heavy (non-hydrogen) atoms. The lowest BCUT2D eigenvalue weighted by Crippen LogP contribution is -2.38. The van der Waals surface area contributed by atoms with E-state index in [1.54, 1.807) is 0 Å². The molecule has 4 aliphatic carbocycles. The Balaban J connectivity index is 1.13. The third-order valence-corrected chi connectivity index (χ3v) is 16.7. The third-order valence-electron chi connectivity index (χ3n) is 16.7. The minimum atomic E-state index is -0.724. The van der Waals surface area contributed by atoms with Crippen molar-refractivity contribution in [2.45, 2.75) is 57.4 Å². The molecule has 0 bridgehead atoms. The van der Waals surface area contributed by atoms with Gasteiger partial charge in [-0.25, -0.2) is 0 Å². The van der Waals surface area contributed by atoms with E-state index in [-0.39, 0.29) is 17.9 Å². The molecule has 0 saturated carbocycles. The lowest BCUT2D eigenvalue weighted by atomic mass is 9.63. The fraction of sp³-hybridized carbons (Fsp3) is 0.159. The Kier molecular flexibility index (Phi) is 10.1. The van der Waals surface area contributed by atoms with Gasteiger partial charge in [0.15, 0.2) is 5.76 Å². The summed E-state index contributed by atoms with van der Waals surface area (Å²) in [6.07, 6.45) is 10.4. The summed E-state index contributed by atoms with van der Waals surface area (Å²) < 4.78 is 14.8. The van der Waals surface area contributed by atoms with Crippen molar-refractivity contribution in [1.29, 1.82) is 10.5 Å². The molecule has 6 heteroatoms. The molecule has 0 fully saturated rings. The molecule has 1 spiro atoms. The second kappa shape index (κ2) is 17.0. The van der Waals surface area contributed by atoms with Crippen LogP contribution < -0.4 is 9.80 Å². The highest BCUT2D eigenvalue weighted by molar-refractivity contribution is 6.16. The van der Waals surface area contributed by atoms with Crippen molar-refractivity contribution in [1.82, 2.24) is 0 Å². The van der Waals surface area contributed by atoms with Crippen molar-refractivity contribution < 1.29 is 8.83 Å². The van der Waals surface area contributed by atoms with Crippen LogP contribution in [0.5, 0.6) is 0 Å². The van der Waals surface area contributed by atoms with Crippen LogP contribution in [0, 0.1) is 34.5 Å². The maximum Gasteiger partial charge on any atom is 0.155 e. The molecular formula is C69H52N4O2. The van der Waals surface area contributed by atoms with Gasteiger partial charge in [0.25, 0.3) is 0 Å². The molecule has 6 nitrogen and oxygen atoms in total. The Morgan fingerprint density at radius 2 is 1.16 bits per heavy atom. The second-order valence-electron chi connectivity index (χ2n) is 21.2. The number of nitriles is 2. The summed E-state index contributed by atoms with van der Waals surface area (Å²) in [5.74, 6) is 1.19. The van der Waals surface area contributed by atoms with Crippen LogP contribution in [0.15, 0.2) is 215 Å². The van der Waals surface area contributed by atoms with E-state index in [2.05, 4.69) is 226 Å². The van der Waals surface area contributed by atoms with Gasteiger partial charge >= 0.3 is 0 Å². The highest BCUT2D eigenvalue weighted by atomic mass is 16.3. The zero-order chi connectivity index (χ0) is 50.7. The number of benzene rings is 8. The Morgan fingerprint density at radius 3 is 1.76 bits per heavy atom. The Labute approximate surface area is 437 Å². The number of nitrogens with zero attached hydrogens (tertiary/aromatic N) is 4. The van der Waals surface area contributed by atoms with E-state index >= 15 is 0 Å². The summed E-state index contributed by atoms with van der Waals surface area (Å²) in [6.45, 7) is 8.97. The van der Waals surface area contributed by atoms with E-state index < -0.39 is 5.41 Å². The highest BCUT2D eigenvalue weighted by Gasteiger charge is 2.61. The molecular weight excluding hydrogens is 917 g/mol. The van der Waals surface area contributed by atoms with Gasteiger partial charge in [-0.05, 0) is 136 Å². The van der Waals surface area contributed by atoms with Crippen molar-refractivity contribution in [2.75, 3.05) is 9.80 Å². The third kappa shape index (κ3) is 6.49. The molecule has 2 aromatic heterocycles. The van der Waals surface area contributed by atoms with E-state index in [4.69, 9.17) is 8.83 Å². The molecule has 0 amide bonds. The largest absolute Gasteiger partial charge is 0.456 e. The first-order valence-electron chi connectivity index (χ1n) is 26.3. The van der Waals surface area contributed by atoms with E-state index in [1.807, 2.05) is 24.3 Å². The standard InChI is InChI=1S/C69H52N4O2/c1-41(2)45-25-33-49(34-26-45)72(47-29-21-43(39-70)22-30-47)59-37-58-66(68-63(59)53-15-7-11-19-61(53)75-68)65-57(69(58)55-17-9-5-13-51(55)52-14-6-10-18-56(52)69)38-60(67-64(65)54-16-8-12-20-62(54)74-67)73(48-31-23-44(40-71)24-32-48)50-35-27-46(28-36-50)42(3)4/h5-35,37-38,41-42,50,57,65H,36H2,1-4H3. The predicted molar refractivity (Wildman–Crippen MR) is 303 cm³/mol. The molecule has 3 unspecified atom stereocenters. The first kappa shape index (κ1) is 44.6. The second-order valence-corrected chi connectivity index (χ2v) is 21.2. The summed E-state index contributed by atoms with van der Waals surface area (Å²) >= 11 is 0. The van der Waals surface area contributed by atoms with Gasteiger partial charge in [-0.15, -0.1) is 0 Å². The van der Waals surface area contributed by atoms with Crippen LogP contribution >= 0.6 is 0 Å². The summed E-state index contributed by atoms with van der Waals surface area (Å²) in [7, 11) is 0. The number of allylic oxidation sites excluding steroid dienone is 3. The monoisotopic (exact) mass is 968 g/mol. The zero-order valence-corrected chi connectivity index (χ0v) is 42.3. The van der Waals surface area contributed by atoms with Crippen molar-refractivity contribution in [3.05, 3.63) is 256 Å². The van der Waals surface area contributed by atoms with Gasteiger partial charge in [-0.3, -0.25) is 0 Å². The predicted octanol–water partition coefficient (Wildman–Crippen LogP) is 17.5. The smallest absolute Gasteiger partial charge is 0.155 e. The van der Waals surface area contributed by atoms with Crippen LogP contribution in [0.25, 0.3) is 49.7 Å². The fourth-order valence-electron chi connectivity index (χ4n) is 13.4. The quantitative estimate of drug-likeness (QED) is 0.151. The molecule has 0 N–H and O–H groups in total. The van der Waals surface area contributed by atoms with E-state index in [9.17, 15) is 10.5 Å². The zero-order valence-electron chi connectivity index (χ0n) is 42.3. The Bertz CT molecular complexity index is 4110. The first-order valence-corrected chi connectivity index (χ1v) is 26.3. The van der Waals surface area contributed by atoms with Gasteiger partial charge in [-0.1, -0.05) is 149 Å². The van der Waals surface area contributed by atoms with E-state index in [0.29, 0.717) is 23.0 Å². The molecule has 10 aromatic rings. The van der Waals surface area contributed by atoms with Crippen molar-refractivity contribution in [2.24, 2.45) is 11.8 Å². The summed E-state index contributed by atoms with van der Waals surface area (Å²) in [6, 6.07) is 67.3. The first-order chi connectivity index (χ1) is 36.8. The van der Waals surface area contributed by atoms with Gasteiger partial charge in [0.2, 0.25) is 0 Å². The van der Waals surface area contributed by atoms with Gasteiger partial charge in [0.05, 0.1) is 51.5 Å². The number of anilines is 4. The molecule has 0 radical (unpaired) electrons. The van der Waals surface area contributed by atoms with Gasteiger partial charge in [0.1, 0.15) is 16.7 Å². The van der Waals surface area contributed by atoms with Crippen molar-refractivity contribution in [3.63, 3.8) is 0 Å². The average Bonchev–Trinajstić information content (AvgIpc) is 4.26. The molecule has 2 heterocycles. The van der Waals surface area contributed by atoms with E-state index in [1.165, 1.54) is 39.0 Å². The topological polar surface area (TPSA) is 80.3 Å². The van der Waals surface area contributed by atoms with E-state index in [0.717, 1.165) is 84.7 Å². The Hall–Kier alpha value is -9.10. The average molecular weight is 969 g/mol. The maximum atomic E-state index is 10.1. The Morgan fingerprint density at radius 1 is 0.587 bits per heavy atom. The number of furan rings is 2. The van der Waals surface area contributed by atoms with Gasteiger partial charge in [-0.2, -0.15) is 10.5 Å². The minimum Gasteiger partial charge on any atom is -0.456 e. The SMILES string of the molecule is CC(C)C1=CCC(N(C2=CC3C(c4c2oc2ccccc42)c2c(cc(N(c4ccc(C#N)cc4)c4ccc(C(C)C)cc4)c4c2oc2ccccc24)C32c3ccccc3-c3ccccc32)c2ccc(C#N)cc2)C=C1. The maximum absolute atomic E-state index is 10.1. The molecule has 360 valence electrons. The van der Waals surface area contributed by atoms with Crippen LogP contribution in [-0.4, -0.2) is 6.04 Å². The molecule has 4 aliphatic rings. The number of rotatable bonds is 8. The van der Waals surface area contributed by atoms with Crippen LogP contribution in [0.2, 0.25) is 0 Å². The number of para-hydroxylation sites is 2. The normalized spacial score (nSPS) is 17.6. The summed E-state index contributed by atoms with van der Waals surface area (Å²) in [4.78, 5) is 4.85. The van der Waals surface area contributed by atoms with Gasteiger partial charge < -0.3 is 18.6 Å². The molecule has 0 saturated heterocycles. The van der Waals surface area contributed by atoms with Crippen molar-refractivity contribution in [3.8, 4) is 23.3 Å². The number of fused-ring (bicyclic) bond motifs is 18. The molecule has 14 rings (SSSR count). The lowest BCUT2D eigenvalue weighted by molar-refractivity contribution is 0.448. The van der Waals surface area contributed by atoms with Crippen molar-refractivity contribution >= 4 is 61.4 Å². The van der Waals surface area contributed by atoms with Crippen LogP contribution in [0.1, 0.15) is 96.2 Å². The number of hydrogen-bond acceptors (Lipinski definition) is 6. The van der Waals surface area contributed by atoms with Gasteiger partial charge in [0, 0.05) is 50.8 Å². The van der Waals surface area contributed by atoms with Crippen LogP contribution in [0.4, 0.5) is 22.7 Å². The van der Waals surface area contributed by atoms with Crippen LogP contribution in [0.3, 0.4) is 0 Å². The fourth-order valence-corrected chi connectivity index (χ4v) is 13.4. The minimum absolute atomic E-state index is 0.0519. The molecule has 3 atom stereocenters. The lowest BCUT2D eigenvalue weighted by Gasteiger charge is -2.41. The summed E-state index contributed by atoms with van der Waals surface area (Å²) in [5.41, 5.74) is 19.0. The molecule has 0 aliphatic heterocycles. The van der Waals surface area contributed by atoms with Crippen LogP contribution in [-0.2, 0) is 5.41 Å². The summed E-state index contributed by atoms with van der Waals surface area (Å²) in [5, 5.41) is 23.2. The molecule has 8 aromatic carbocycles. The number of hydrogen-bond donors (Lipinski definition) is 0. The highest BCUT2D eigenvalue weighted by Crippen LogP contribution is 2.70.